The van der Waals surface area contributed by atoms with Crippen molar-refractivity contribution in [3.05, 3.63) is 54.6 Å². The van der Waals surface area contributed by atoms with E-state index in [1.165, 1.54) is 108 Å². The number of unbranched alkanes of at least 4 members (excludes halogenated alkanes) is 11. The molecular formula is C29H48N2. The average Bonchev–Trinajstić information content (AvgIpc) is 3.33. The number of nitrogens with zero attached hydrogens (tertiary/aromatic N) is 2. The molecule has 0 bridgehead atoms. The van der Waals surface area contributed by atoms with Crippen LogP contribution in [0.1, 0.15) is 122 Å². The first kappa shape index (κ1) is 25.7. The van der Waals surface area contributed by atoms with Crippen LogP contribution in [0.25, 0.3) is 0 Å². The first-order valence-electron chi connectivity index (χ1n) is 13.4. The highest BCUT2D eigenvalue weighted by Gasteiger charge is 2.23. The van der Waals surface area contributed by atoms with Gasteiger partial charge in [0.1, 0.15) is 0 Å². The monoisotopic (exact) mass is 424 g/mol. The predicted molar refractivity (Wildman–Crippen MR) is 136 cm³/mol. The van der Waals surface area contributed by atoms with Gasteiger partial charge in [-0.3, -0.25) is 0 Å². The second kappa shape index (κ2) is 17.0. The Morgan fingerprint density at radius 1 is 0.710 bits per heavy atom. The van der Waals surface area contributed by atoms with Crippen LogP contribution in [0, 0.1) is 5.92 Å². The Morgan fingerprint density at radius 2 is 1.29 bits per heavy atom. The Morgan fingerprint density at radius 3 is 1.87 bits per heavy atom. The van der Waals surface area contributed by atoms with E-state index in [2.05, 4.69) is 66.3 Å². The molecule has 2 atom stereocenters. The van der Waals surface area contributed by atoms with Crippen LogP contribution < -0.4 is 0 Å². The molecule has 31 heavy (non-hydrogen) atoms. The summed E-state index contributed by atoms with van der Waals surface area (Å²) in [5.74, 6) is 0.697. The third kappa shape index (κ3) is 11.0. The second-order valence-corrected chi connectivity index (χ2v) is 9.49. The lowest BCUT2D eigenvalue weighted by Crippen LogP contribution is -2.21. The van der Waals surface area contributed by atoms with Crippen molar-refractivity contribution in [3.63, 3.8) is 0 Å². The zero-order valence-electron chi connectivity index (χ0n) is 20.5. The summed E-state index contributed by atoms with van der Waals surface area (Å²) in [5, 5.41) is 0. The van der Waals surface area contributed by atoms with E-state index in [-0.39, 0.29) is 0 Å². The molecule has 174 valence electrons. The Balaban J connectivity index is 1.94. The molecule has 0 radical (unpaired) electrons. The average molecular weight is 425 g/mol. The van der Waals surface area contributed by atoms with Gasteiger partial charge in [0.25, 0.3) is 0 Å². The van der Waals surface area contributed by atoms with E-state index < -0.39 is 0 Å². The fourth-order valence-electron chi connectivity index (χ4n) is 4.94. The second-order valence-electron chi connectivity index (χ2n) is 9.49. The molecule has 0 N–H and O–H groups in total. The highest BCUT2D eigenvalue weighted by atomic mass is 15.1. The summed E-state index contributed by atoms with van der Waals surface area (Å²) in [7, 11) is 0. The molecule has 2 heteroatoms. The zero-order valence-corrected chi connectivity index (χ0v) is 20.5. The van der Waals surface area contributed by atoms with Gasteiger partial charge < -0.3 is 4.57 Å². The summed E-state index contributed by atoms with van der Waals surface area (Å²) in [6.07, 6.45) is 28.0. The smallest absolute Gasteiger partial charge is 0.0948 e. The van der Waals surface area contributed by atoms with Crippen LogP contribution in [0.15, 0.2) is 49.1 Å². The van der Waals surface area contributed by atoms with Crippen LogP contribution >= 0.6 is 0 Å². The Hall–Kier alpha value is -1.57. The van der Waals surface area contributed by atoms with Crippen molar-refractivity contribution in [1.29, 1.82) is 0 Å². The first-order chi connectivity index (χ1) is 15.3. The number of aromatic nitrogens is 2. The van der Waals surface area contributed by atoms with Gasteiger partial charge in [0.15, 0.2) is 0 Å². The number of hydrogen-bond donors (Lipinski definition) is 0. The molecule has 2 unspecified atom stereocenters. The zero-order chi connectivity index (χ0) is 22.0. The molecule has 2 aromatic rings. The molecule has 2 nitrogen and oxygen atoms in total. The SMILES string of the molecule is CCCCCCCCCC(Cc1ccccc1)C(CCCCCCCC)n1ccnc1. The fraction of sp³-hybridized carbons (Fsp3) is 0.690. The quantitative estimate of drug-likeness (QED) is 0.205. The van der Waals surface area contributed by atoms with Gasteiger partial charge in [-0.15, -0.1) is 0 Å². The van der Waals surface area contributed by atoms with Crippen LogP contribution in [0.3, 0.4) is 0 Å². The van der Waals surface area contributed by atoms with Crippen molar-refractivity contribution in [3.8, 4) is 0 Å². The van der Waals surface area contributed by atoms with Gasteiger partial charge in [-0.05, 0) is 30.7 Å². The van der Waals surface area contributed by atoms with E-state index in [0.29, 0.717) is 12.0 Å². The summed E-state index contributed by atoms with van der Waals surface area (Å²) in [6.45, 7) is 4.60. The van der Waals surface area contributed by atoms with Crippen molar-refractivity contribution >= 4 is 0 Å². The molecule has 1 aromatic carbocycles. The van der Waals surface area contributed by atoms with Gasteiger partial charge in [0.05, 0.1) is 6.33 Å². The largest absolute Gasteiger partial charge is 0.334 e. The van der Waals surface area contributed by atoms with Crippen LogP contribution in [0.5, 0.6) is 0 Å². The lowest BCUT2D eigenvalue weighted by molar-refractivity contribution is 0.275. The van der Waals surface area contributed by atoms with Crippen LogP contribution in [0.4, 0.5) is 0 Å². The number of rotatable bonds is 19. The topological polar surface area (TPSA) is 17.8 Å². The van der Waals surface area contributed by atoms with E-state index >= 15 is 0 Å². The van der Waals surface area contributed by atoms with E-state index in [4.69, 9.17) is 0 Å². The van der Waals surface area contributed by atoms with E-state index in [0.717, 1.165) is 0 Å². The van der Waals surface area contributed by atoms with E-state index in [1.54, 1.807) is 0 Å². The molecule has 0 spiro atoms. The number of benzene rings is 1. The summed E-state index contributed by atoms with van der Waals surface area (Å²) in [5.41, 5.74) is 1.49. The Labute approximate surface area is 192 Å². The third-order valence-electron chi connectivity index (χ3n) is 6.82. The first-order valence-corrected chi connectivity index (χ1v) is 13.4. The summed E-state index contributed by atoms with van der Waals surface area (Å²) >= 11 is 0. The molecule has 1 heterocycles. The van der Waals surface area contributed by atoms with Crippen molar-refractivity contribution in [1.82, 2.24) is 9.55 Å². The normalized spacial score (nSPS) is 13.4. The third-order valence-corrected chi connectivity index (χ3v) is 6.82. The molecule has 2 rings (SSSR count). The molecule has 0 aliphatic rings. The molecule has 0 saturated heterocycles. The highest BCUT2D eigenvalue weighted by Crippen LogP contribution is 2.32. The minimum absolute atomic E-state index is 0.578. The lowest BCUT2D eigenvalue weighted by atomic mass is 9.84. The summed E-state index contributed by atoms with van der Waals surface area (Å²) in [6, 6.07) is 11.7. The fourth-order valence-corrected chi connectivity index (χ4v) is 4.94. The Bertz CT molecular complexity index is 619. The van der Waals surface area contributed by atoms with Gasteiger partial charge in [-0.2, -0.15) is 0 Å². The maximum Gasteiger partial charge on any atom is 0.0948 e. The molecule has 0 saturated carbocycles. The Kier molecular flexibility index (Phi) is 14.1. The van der Waals surface area contributed by atoms with Gasteiger partial charge in [0.2, 0.25) is 0 Å². The minimum Gasteiger partial charge on any atom is -0.334 e. The molecule has 0 fully saturated rings. The minimum atomic E-state index is 0.578. The van der Waals surface area contributed by atoms with Gasteiger partial charge in [-0.1, -0.05) is 128 Å². The summed E-state index contributed by atoms with van der Waals surface area (Å²) < 4.78 is 2.42. The van der Waals surface area contributed by atoms with E-state index in [1.807, 2.05) is 6.20 Å². The molecule has 0 aliphatic carbocycles. The van der Waals surface area contributed by atoms with Gasteiger partial charge in [-0.25, -0.2) is 4.98 Å². The molecule has 0 amide bonds. The maximum absolute atomic E-state index is 4.40. The predicted octanol–water partition coefficient (Wildman–Crippen LogP) is 9.17. The van der Waals surface area contributed by atoms with Gasteiger partial charge >= 0.3 is 0 Å². The highest BCUT2D eigenvalue weighted by molar-refractivity contribution is 5.15. The molecule has 1 aromatic heterocycles. The van der Waals surface area contributed by atoms with E-state index in [9.17, 15) is 0 Å². The lowest BCUT2D eigenvalue weighted by Gasteiger charge is -2.29. The number of hydrogen-bond acceptors (Lipinski definition) is 1. The van der Waals surface area contributed by atoms with Crippen molar-refractivity contribution in [2.24, 2.45) is 5.92 Å². The van der Waals surface area contributed by atoms with Gasteiger partial charge in [0, 0.05) is 18.4 Å². The number of imidazole rings is 1. The molecule has 0 aliphatic heterocycles. The van der Waals surface area contributed by atoms with Crippen LogP contribution in [-0.4, -0.2) is 9.55 Å². The van der Waals surface area contributed by atoms with Crippen LogP contribution in [0.2, 0.25) is 0 Å². The maximum atomic E-state index is 4.40. The van der Waals surface area contributed by atoms with Crippen molar-refractivity contribution in [2.45, 2.75) is 123 Å². The standard InChI is InChI=1S/C29H48N2/c1-3-5-7-9-11-12-17-21-28(25-27-19-15-14-16-20-27)29(31-24-23-30-26-31)22-18-13-10-8-6-4-2/h14-16,19-20,23-24,26,28-29H,3-13,17-18,21-22,25H2,1-2H3. The van der Waals surface area contributed by atoms with Crippen LogP contribution in [-0.2, 0) is 6.42 Å². The van der Waals surface area contributed by atoms with Crippen molar-refractivity contribution < 1.29 is 0 Å². The summed E-state index contributed by atoms with van der Waals surface area (Å²) in [4.78, 5) is 4.40. The molecular weight excluding hydrogens is 376 g/mol. The van der Waals surface area contributed by atoms with Crippen molar-refractivity contribution in [2.75, 3.05) is 0 Å².